The van der Waals surface area contributed by atoms with Crippen LogP contribution >= 0.6 is 0 Å². The molecule has 110 valence electrons. The Bertz CT molecular complexity index is 354. The molecule has 1 saturated carbocycles. The van der Waals surface area contributed by atoms with Crippen molar-refractivity contribution in [3.8, 4) is 0 Å². The molecule has 5 nitrogen and oxygen atoms in total. The van der Waals surface area contributed by atoms with Gasteiger partial charge in [0, 0.05) is 13.1 Å². The van der Waals surface area contributed by atoms with E-state index in [1.54, 1.807) is 11.9 Å². The summed E-state index contributed by atoms with van der Waals surface area (Å²) in [5.74, 6) is -1.03. The van der Waals surface area contributed by atoms with Crippen molar-refractivity contribution in [3.05, 3.63) is 0 Å². The minimum Gasteiger partial charge on any atom is -0.480 e. The lowest BCUT2D eigenvalue weighted by atomic mass is 9.75. The molecule has 1 fully saturated rings. The van der Waals surface area contributed by atoms with E-state index >= 15 is 0 Å². The second-order valence-electron chi connectivity index (χ2n) is 6.87. The quantitative estimate of drug-likeness (QED) is 0.827. The second kappa shape index (κ2) is 5.39. The lowest BCUT2D eigenvalue weighted by Gasteiger charge is -2.39. The van der Waals surface area contributed by atoms with Gasteiger partial charge in [0.25, 0.3) is 0 Å². The Kier molecular flexibility index (Phi) is 4.48. The first-order valence-corrected chi connectivity index (χ1v) is 6.83. The highest BCUT2D eigenvalue weighted by molar-refractivity contribution is 5.85. The van der Waals surface area contributed by atoms with Gasteiger partial charge in [-0.1, -0.05) is 13.8 Å². The maximum Gasteiger partial charge on any atom is 0.328 e. The molecule has 2 amide bonds. The van der Waals surface area contributed by atoms with Crippen LogP contribution in [-0.2, 0) is 4.79 Å². The van der Waals surface area contributed by atoms with Crippen molar-refractivity contribution in [1.29, 1.82) is 0 Å². The van der Waals surface area contributed by atoms with E-state index < -0.39 is 11.5 Å². The van der Waals surface area contributed by atoms with Gasteiger partial charge in [-0.2, -0.15) is 0 Å². The van der Waals surface area contributed by atoms with Gasteiger partial charge in [-0.3, -0.25) is 0 Å². The summed E-state index contributed by atoms with van der Waals surface area (Å²) in [6.45, 7) is 7.48. The standard InChI is InChI=1S/C14H26N2O3/c1-13(2)8-6-10(7-9-13)16(5)12(19)15-14(3,4)11(17)18/h10H,6-9H2,1-5H3,(H,15,19)(H,17,18). The maximum atomic E-state index is 12.1. The van der Waals surface area contributed by atoms with Crippen LogP contribution in [0, 0.1) is 5.41 Å². The molecule has 0 aromatic carbocycles. The van der Waals surface area contributed by atoms with Gasteiger partial charge in [0.1, 0.15) is 5.54 Å². The molecular formula is C14H26N2O3. The van der Waals surface area contributed by atoms with Crippen LogP contribution in [0.3, 0.4) is 0 Å². The Balaban J connectivity index is 2.57. The van der Waals surface area contributed by atoms with Crippen molar-refractivity contribution < 1.29 is 14.7 Å². The monoisotopic (exact) mass is 270 g/mol. The maximum absolute atomic E-state index is 12.1. The van der Waals surface area contributed by atoms with Crippen LogP contribution in [-0.4, -0.2) is 40.6 Å². The van der Waals surface area contributed by atoms with Crippen LogP contribution < -0.4 is 5.32 Å². The first-order valence-electron chi connectivity index (χ1n) is 6.83. The predicted molar refractivity (Wildman–Crippen MR) is 74.0 cm³/mol. The van der Waals surface area contributed by atoms with Crippen LogP contribution in [0.25, 0.3) is 0 Å². The molecule has 2 N–H and O–H groups in total. The molecule has 0 aromatic rings. The average molecular weight is 270 g/mol. The van der Waals surface area contributed by atoms with E-state index in [0.717, 1.165) is 25.7 Å². The smallest absolute Gasteiger partial charge is 0.328 e. The summed E-state index contributed by atoms with van der Waals surface area (Å²) in [5, 5.41) is 11.6. The van der Waals surface area contributed by atoms with E-state index in [-0.39, 0.29) is 12.1 Å². The number of carbonyl (C=O) groups is 2. The molecule has 0 radical (unpaired) electrons. The highest BCUT2D eigenvalue weighted by Crippen LogP contribution is 2.36. The number of carbonyl (C=O) groups excluding carboxylic acids is 1. The number of nitrogens with zero attached hydrogens (tertiary/aromatic N) is 1. The van der Waals surface area contributed by atoms with Gasteiger partial charge >= 0.3 is 12.0 Å². The van der Waals surface area contributed by atoms with Gasteiger partial charge in [0.05, 0.1) is 0 Å². The number of hydrogen-bond donors (Lipinski definition) is 2. The molecule has 19 heavy (non-hydrogen) atoms. The number of amides is 2. The molecule has 1 aliphatic carbocycles. The van der Waals surface area contributed by atoms with Gasteiger partial charge in [0.2, 0.25) is 0 Å². The van der Waals surface area contributed by atoms with Crippen molar-refractivity contribution in [2.75, 3.05) is 7.05 Å². The first-order chi connectivity index (χ1) is 8.55. The van der Waals surface area contributed by atoms with Gasteiger partial charge < -0.3 is 15.3 Å². The third kappa shape index (κ3) is 4.11. The molecule has 0 heterocycles. The molecule has 0 atom stereocenters. The zero-order valence-electron chi connectivity index (χ0n) is 12.6. The Morgan fingerprint density at radius 1 is 1.26 bits per heavy atom. The van der Waals surface area contributed by atoms with Gasteiger partial charge in [-0.15, -0.1) is 0 Å². The predicted octanol–water partition coefficient (Wildman–Crippen LogP) is 2.46. The molecular weight excluding hydrogens is 244 g/mol. The average Bonchev–Trinajstić information content (AvgIpc) is 2.27. The molecule has 0 aliphatic heterocycles. The largest absolute Gasteiger partial charge is 0.480 e. The van der Waals surface area contributed by atoms with E-state index in [9.17, 15) is 9.59 Å². The minimum absolute atomic E-state index is 0.206. The lowest BCUT2D eigenvalue weighted by Crippen LogP contribution is -2.55. The number of nitrogens with one attached hydrogen (secondary N) is 1. The number of aliphatic carboxylic acids is 1. The van der Waals surface area contributed by atoms with Crippen LogP contribution in [0.15, 0.2) is 0 Å². The summed E-state index contributed by atoms with van der Waals surface area (Å²) >= 11 is 0. The normalized spacial score (nSPS) is 19.8. The molecule has 0 saturated heterocycles. The summed E-state index contributed by atoms with van der Waals surface area (Å²) in [6.07, 6.45) is 4.14. The highest BCUT2D eigenvalue weighted by Gasteiger charge is 2.34. The van der Waals surface area contributed by atoms with Gasteiger partial charge in [-0.25, -0.2) is 9.59 Å². The van der Waals surface area contributed by atoms with E-state index in [0.29, 0.717) is 5.41 Å². The molecule has 0 spiro atoms. The van der Waals surface area contributed by atoms with Crippen LogP contribution in [0.1, 0.15) is 53.4 Å². The zero-order chi connectivity index (χ0) is 14.8. The van der Waals surface area contributed by atoms with Crippen molar-refractivity contribution >= 4 is 12.0 Å². The van der Waals surface area contributed by atoms with Crippen molar-refractivity contribution in [1.82, 2.24) is 10.2 Å². The molecule has 0 bridgehead atoms. The first kappa shape index (κ1) is 15.8. The molecule has 0 aromatic heterocycles. The van der Waals surface area contributed by atoms with Gasteiger partial charge in [-0.05, 0) is 44.9 Å². The zero-order valence-corrected chi connectivity index (χ0v) is 12.6. The number of hydrogen-bond acceptors (Lipinski definition) is 2. The summed E-state index contributed by atoms with van der Waals surface area (Å²) in [6, 6.07) is -0.102. The van der Waals surface area contributed by atoms with Crippen LogP contribution in [0.5, 0.6) is 0 Å². The molecule has 1 rings (SSSR count). The van der Waals surface area contributed by atoms with Crippen molar-refractivity contribution in [2.24, 2.45) is 5.41 Å². The summed E-state index contributed by atoms with van der Waals surface area (Å²) in [7, 11) is 1.75. The number of carboxylic acids is 1. The molecule has 0 unspecified atom stereocenters. The third-order valence-corrected chi connectivity index (χ3v) is 4.13. The Hall–Kier alpha value is -1.26. The second-order valence-corrected chi connectivity index (χ2v) is 6.87. The van der Waals surface area contributed by atoms with Crippen LogP contribution in [0.2, 0.25) is 0 Å². The van der Waals surface area contributed by atoms with Crippen molar-refractivity contribution in [2.45, 2.75) is 65.0 Å². The fraction of sp³-hybridized carbons (Fsp3) is 0.857. The van der Waals surface area contributed by atoms with Gasteiger partial charge in [0.15, 0.2) is 0 Å². The number of rotatable bonds is 3. The minimum atomic E-state index is -1.24. The van der Waals surface area contributed by atoms with E-state index in [1.807, 2.05) is 0 Å². The Labute approximate surface area is 115 Å². The highest BCUT2D eigenvalue weighted by atomic mass is 16.4. The number of urea groups is 1. The fourth-order valence-corrected chi connectivity index (χ4v) is 2.35. The third-order valence-electron chi connectivity index (χ3n) is 4.13. The fourth-order valence-electron chi connectivity index (χ4n) is 2.35. The van der Waals surface area contributed by atoms with Crippen molar-refractivity contribution in [3.63, 3.8) is 0 Å². The van der Waals surface area contributed by atoms with Crippen LogP contribution in [0.4, 0.5) is 4.79 Å². The SMILES string of the molecule is CN(C(=O)NC(C)(C)C(=O)O)C1CCC(C)(C)CC1. The Morgan fingerprint density at radius 2 is 1.74 bits per heavy atom. The summed E-state index contributed by atoms with van der Waals surface area (Å²) < 4.78 is 0. The number of carboxylic acid groups (broad SMARTS) is 1. The summed E-state index contributed by atoms with van der Waals surface area (Å²) in [5.41, 5.74) is -0.882. The van der Waals surface area contributed by atoms with E-state index in [2.05, 4.69) is 19.2 Å². The van der Waals surface area contributed by atoms with E-state index in [4.69, 9.17) is 5.11 Å². The molecule has 5 heteroatoms. The lowest BCUT2D eigenvalue weighted by molar-refractivity contribution is -0.143. The van der Waals surface area contributed by atoms with E-state index in [1.165, 1.54) is 13.8 Å². The Morgan fingerprint density at radius 3 is 2.16 bits per heavy atom. The molecule has 1 aliphatic rings. The summed E-state index contributed by atoms with van der Waals surface area (Å²) in [4.78, 5) is 24.7. The topological polar surface area (TPSA) is 69.6 Å².